The zero-order valence-corrected chi connectivity index (χ0v) is 8.03. The minimum atomic E-state index is -0.490. The van der Waals surface area contributed by atoms with E-state index in [-0.39, 0.29) is 11.9 Å². The Hall–Kier alpha value is -1.35. The van der Waals surface area contributed by atoms with Gasteiger partial charge in [0.1, 0.15) is 0 Å². The third-order valence-electron chi connectivity index (χ3n) is 2.56. The molecule has 3 nitrogen and oxygen atoms in total. The van der Waals surface area contributed by atoms with Crippen LogP contribution in [0.5, 0.6) is 0 Å². The highest BCUT2D eigenvalue weighted by Crippen LogP contribution is 2.30. The van der Waals surface area contributed by atoms with Gasteiger partial charge in [-0.15, -0.1) is 0 Å². The van der Waals surface area contributed by atoms with Crippen LogP contribution in [0.1, 0.15) is 24.1 Å². The minimum absolute atomic E-state index is 0.106. The van der Waals surface area contributed by atoms with Gasteiger partial charge < -0.3 is 10.4 Å². The average Bonchev–Trinajstić information content (AvgIpc) is 2.43. The summed E-state index contributed by atoms with van der Waals surface area (Å²) in [5.74, 6) is -0.106. The largest absolute Gasteiger partial charge is 0.390 e. The molecule has 0 heterocycles. The van der Waals surface area contributed by atoms with Crippen molar-refractivity contribution in [2.24, 2.45) is 0 Å². The fourth-order valence-electron chi connectivity index (χ4n) is 1.97. The van der Waals surface area contributed by atoms with E-state index in [0.29, 0.717) is 6.42 Å². The molecule has 0 saturated carbocycles. The number of aliphatic hydroxyl groups excluding tert-OH is 1. The summed E-state index contributed by atoms with van der Waals surface area (Å²) in [7, 11) is 0. The zero-order chi connectivity index (χ0) is 10.1. The molecule has 1 aromatic rings. The third kappa shape index (κ3) is 1.51. The fourth-order valence-corrected chi connectivity index (χ4v) is 1.97. The number of carbonyl (C=O) groups excluding carboxylic acids is 1. The van der Waals surface area contributed by atoms with Crippen LogP contribution >= 0.6 is 0 Å². The molecule has 2 atom stereocenters. The van der Waals surface area contributed by atoms with Crippen molar-refractivity contribution in [2.45, 2.75) is 25.5 Å². The van der Waals surface area contributed by atoms with Crippen molar-refractivity contribution in [3.05, 3.63) is 35.4 Å². The topological polar surface area (TPSA) is 49.3 Å². The highest BCUT2D eigenvalue weighted by Gasteiger charge is 2.30. The fraction of sp³-hybridized carbons (Fsp3) is 0.364. The number of amides is 1. The number of hydrogen-bond acceptors (Lipinski definition) is 2. The molecule has 1 aromatic carbocycles. The van der Waals surface area contributed by atoms with E-state index in [1.807, 2.05) is 24.3 Å². The lowest BCUT2D eigenvalue weighted by atomic mass is 10.1. The van der Waals surface area contributed by atoms with Crippen LogP contribution in [0.15, 0.2) is 24.3 Å². The van der Waals surface area contributed by atoms with Gasteiger partial charge in [-0.3, -0.25) is 4.79 Å². The summed E-state index contributed by atoms with van der Waals surface area (Å²) in [6.07, 6.45) is 0.137. The SMILES string of the molecule is CC(=O)N[C@H]1c2ccccc2C[C@H]1O. The van der Waals surface area contributed by atoms with Crippen molar-refractivity contribution in [3.63, 3.8) is 0 Å². The molecule has 0 spiro atoms. The second kappa shape index (κ2) is 3.42. The van der Waals surface area contributed by atoms with E-state index in [9.17, 15) is 9.90 Å². The van der Waals surface area contributed by atoms with Crippen LogP contribution in [0.25, 0.3) is 0 Å². The Morgan fingerprint density at radius 1 is 1.50 bits per heavy atom. The first-order chi connectivity index (χ1) is 6.68. The molecule has 1 amide bonds. The molecule has 14 heavy (non-hydrogen) atoms. The van der Waals surface area contributed by atoms with Gasteiger partial charge >= 0.3 is 0 Å². The zero-order valence-electron chi connectivity index (χ0n) is 8.03. The molecular formula is C11H13NO2. The lowest BCUT2D eigenvalue weighted by Gasteiger charge is -2.16. The monoisotopic (exact) mass is 191 g/mol. The first kappa shape index (κ1) is 9.21. The maximum Gasteiger partial charge on any atom is 0.217 e. The summed E-state index contributed by atoms with van der Waals surface area (Å²) < 4.78 is 0. The summed E-state index contributed by atoms with van der Waals surface area (Å²) in [5.41, 5.74) is 2.16. The standard InChI is InChI=1S/C11H13NO2/c1-7(13)12-11-9-5-3-2-4-8(9)6-10(11)14/h2-5,10-11,14H,6H2,1H3,(H,12,13)/t10-,11+/m1/s1. The van der Waals surface area contributed by atoms with Crippen LogP contribution in [0.3, 0.4) is 0 Å². The van der Waals surface area contributed by atoms with E-state index >= 15 is 0 Å². The molecule has 0 fully saturated rings. The number of benzene rings is 1. The van der Waals surface area contributed by atoms with Gasteiger partial charge in [0.25, 0.3) is 0 Å². The Labute approximate surface area is 82.8 Å². The molecule has 0 saturated heterocycles. The van der Waals surface area contributed by atoms with Crippen molar-refractivity contribution in [1.29, 1.82) is 0 Å². The van der Waals surface area contributed by atoms with Gasteiger partial charge in [-0.05, 0) is 11.1 Å². The molecule has 0 aromatic heterocycles. The number of nitrogens with one attached hydrogen (secondary N) is 1. The van der Waals surface area contributed by atoms with Gasteiger partial charge in [-0.2, -0.15) is 0 Å². The Morgan fingerprint density at radius 3 is 2.93 bits per heavy atom. The number of rotatable bonds is 1. The Morgan fingerprint density at radius 2 is 2.21 bits per heavy atom. The van der Waals surface area contributed by atoms with Crippen LogP contribution < -0.4 is 5.32 Å². The predicted molar refractivity (Wildman–Crippen MR) is 52.7 cm³/mol. The lowest BCUT2D eigenvalue weighted by Crippen LogP contribution is -2.32. The van der Waals surface area contributed by atoms with Crippen LogP contribution in [-0.4, -0.2) is 17.1 Å². The van der Waals surface area contributed by atoms with Crippen LogP contribution in [0, 0.1) is 0 Å². The molecule has 2 N–H and O–H groups in total. The van der Waals surface area contributed by atoms with Crippen molar-refractivity contribution < 1.29 is 9.90 Å². The molecule has 74 valence electrons. The van der Waals surface area contributed by atoms with Crippen LogP contribution in [0.4, 0.5) is 0 Å². The van der Waals surface area contributed by atoms with Crippen molar-refractivity contribution in [3.8, 4) is 0 Å². The highest BCUT2D eigenvalue weighted by molar-refractivity contribution is 5.73. The van der Waals surface area contributed by atoms with E-state index in [1.165, 1.54) is 6.92 Å². The highest BCUT2D eigenvalue weighted by atomic mass is 16.3. The number of carbonyl (C=O) groups is 1. The summed E-state index contributed by atoms with van der Waals surface area (Å²) >= 11 is 0. The van der Waals surface area contributed by atoms with Crippen molar-refractivity contribution in [2.75, 3.05) is 0 Å². The second-order valence-electron chi connectivity index (χ2n) is 3.65. The lowest BCUT2D eigenvalue weighted by molar-refractivity contribution is -0.120. The number of fused-ring (bicyclic) bond motifs is 1. The molecular weight excluding hydrogens is 178 g/mol. The van der Waals surface area contributed by atoms with E-state index in [0.717, 1.165) is 11.1 Å². The molecule has 0 aliphatic heterocycles. The minimum Gasteiger partial charge on any atom is -0.390 e. The van der Waals surface area contributed by atoms with Crippen molar-refractivity contribution in [1.82, 2.24) is 5.32 Å². The summed E-state index contributed by atoms with van der Waals surface area (Å²) in [6, 6.07) is 7.57. The van der Waals surface area contributed by atoms with E-state index in [1.54, 1.807) is 0 Å². The smallest absolute Gasteiger partial charge is 0.217 e. The molecule has 0 unspecified atom stereocenters. The molecule has 1 aliphatic rings. The normalized spacial score (nSPS) is 24.4. The molecule has 0 radical (unpaired) electrons. The summed E-state index contributed by atoms with van der Waals surface area (Å²) in [4.78, 5) is 10.9. The van der Waals surface area contributed by atoms with Gasteiger partial charge in [0.15, 0.2) is 0 Å². The van der Waals surface area contributed by atoms with E-state index < -0.39 is 6.10 Å². The van der Waals surface area contributed by atoms with Gasteiger partial charge in [0.05, 0.1) is 12.1 Å². The van der Waals surface area contributed by atoms with Crippen molar-refractivity contribution >= 4 is 5.91 Å². The molecule has 2 rings (SSSR count). The van der Waals surface area contributed by atoms with E-state index in [2.05, 4.69) is 5.32 Å². The average molecular weight is 191 g/mol. The molecule has 0 bridgehead atoms. The second-order valence-corrected chi connectivity index (χ2v) is 3.65. The first-order valence-corrected chi connectivity index (χ1v) is 4.71. The number of hydrogen-bond donors (Lipinski definition) is 2. The maximum atomic E-state index is 10.9. The predicted octanol–water partition coefficient (Wildman–Crippen LogP) is 0.781. The maximum absolute atomic E-state index is 10.9. The quantitative estimate of drug-likeness (QED) is 0.689. The third-order valence-corrected chi connectivity index (χ3v) is 2.56. The Kier molecular flexibility index (Phi) is 2.25. The summed E-state index contributed by atoms with van der Waals surface area (Å²) in [5, 5.41) is 12.5. The van der Waals surface area contributed by atoms with Gasteiger partial charge in [-0.25, -0.2) is 0 Å². The summed E-state index contributed by atoms with van der Waals surface area (Å²) in [6.45, 7) is 1.47. The number of aliphatic hydroxyl groups is 1. The molecule has 3 heteroatoms. The first-order valence-electron chi connectivity index (χ1n) is 4.71. The Bertz CT molecular complexity index is 362. The van der Waals surface area contributed by atoms with Gasteiger partial charge in [0, 0.05) is 13.3 Å². The molecule has 1 aliphatic carbocycles. The van der Waals surface area contributed by atoms with Gasteiger partial charge in [0.2, 0.25) is 5.91 Å². The van der Waals surface area contributed by atoms with Crippen LogP contribution in [0.2, 0.25) is 0 Å². The Balaban J connectivity index is 2.30. The van der Waals surface area contributed by atoms with Gasteiger partial charge in [-0.1, -0.05) is 24.3 Å². The van der Waals surface area contributed by atoms with E-state index in [4.69, 9.17) is 0 Å². The van der Waals surface area contributed by atoms with Crippen LogP contribution in [-0.2, 0) is 11.2 Å².